The molecule has 17 heavy (non-hydrogen) atoms. The van der Waals surface area contributed by atoms with Gasteiger partial charge in [0, 0.05) is 13.0 Å². The van der Waals surface area contributed by atoms with Crippen LogP contribution in [0.4, 0.5) is 0 Å². The van der Waals surface area contributed by atoms with E-state index in [4.69, 9.17) is 5.11 Å². The van der Waals surface area contributed by atoms with Gasteiger partial charge in [-0.05, 0) is 26.7 Å². The van der Waals surface area contributed by atoms with Crippen molar-refractivity contribution < 1.29 is 15.3 Å². The molecule has 0 bridgehead atoms. The van der Waals surface area contributed by atoms with Crippen molar-refractivity contribution in [2.75, 3.05) is 6.61 Å². The highest BCUT2D eigenvalue weighted by atomic mass is 16.3. The van der Waals surface area contributed by atoms with Gasteiger partial charge in [-0.1, -0.05) is 38.5 Å². The van der Waals surface area contributed by atoms with E-state index >= 15 is 0 Å². The molecule has 3 N–H and O–H groups in total. The molecule has 0 aliphatic carbocycles. The number of aliphatic hydroxyl groups is 3. The van der Waals surface area contributed by atoms with Crippen molar-refractivity contribution in [1.29, 1.82) is 0 Å². The van der Waals surface area contributed by atoms with Crippen molar-refractivity contribution in [2.45, 2.75) is 83.3 Å². The quantitative estimate of drug-likeness (QED) is 0.491. The van der Waals surface area contributed by atoms with Crippen LogP contribution in [-0.2, 0) is 0 Å². The molecule has 0 aromatic heterocycles. The van der Waals surface area contributed by atoms with Crippen LogP contribution in [0, 0.1) is 0 Å². The summed E-state index contributed by atoms with van der Waals surface area (Å²) in [5.41, 5.74) is -0.760. The first-order chi connectivity index (χ1) is 7.95. The topological polar surface area (TPSA) is 60.7 Å². The summed E-state index contributed by atoms with van der Waals surface area (Å²) in [4.78, 5) is 0. The van der Waals surface area contributed by atoms with E-state index in [1.54, 1.807) is 13.8 Å². The Morgan fingerprint density at radius 2 is 1.35 bits per heavy atom. The Morgan fingerprint density at radius 1 is 0.882 bits per heavy atom. The number of hydrogen-bond acceptors (Lipinski definition) is 3. The van der Waals surface area contributed by atoms with Crippen LogP contribution in [0.15, 0.2) is 0 Å². The van der Waals surface area contributed by atoms with Gasteiger partial charge >= 0.3 is 0 Å². The molecule has 0 aliphatic heterocycles. The van der Waals surface area contributed by atoms with Crippen molar-refractivity contribution in [3.8, 4) is 0 Å². The van der Waals surface area contributed by atoms with Crippen LogP contribution in [0.5, 0.6) is 0 Å². The molecule has 0 spiro atoms. The monoisotopic (exact) mass is 246 g/mol. The molecule has 0 aromatic carbocycles. The molecule has 0 saturated heterocycles. The molecule has 0 amide bonds. The van der Waals surface area contributed by atoms with E-state index in [9.17, 15) is 10.2 Å². The first-order valence-corrected chi connectivity index (χ1v) is 6.97. The Hall–Kier alpha value is -0.120. The summed E-state index contributed by atoms with van der Waals surface area (Å²) in [5.74, 6) is 0. The molecule has 104 valence electrons. The minimum absolute atomic E-state index is 0.309. The molecule has 0 rings (SSSR count). The summed E-state index contributed by atoms with van der Waals surface area (Å²) >= 11 is 0. The molecule has 0 fully saturated rings. The summed E-state index contributed by atoms with van der Waals surface area (Å²) in [6.45, 7) is 3.78. The summed E-state index contributed by atoms with van der Waals surface area (Å²) in [6.07, 6.45) is 8.75. The Bertz CT molecular complexity index is 163. The predicted octanol–water partition coefficient (Wildman–Crippen LogP) is 2.62. The summed E-state index contributed by atoms with van der Waals surface area (Å²) < 4.78 is 0. The zero-order chi connectivity index (χ0) is 13.1. The van der Waals surface area contributed by atoms with Crippen LogP contribution in [0.2, 0.25) is 0 Å². The van der Waals surface area contributed by atoms with Crippen LogP contribution in [0.25, 0.3) is 0 Å². The van der Waals surface area contributed by atoms with Gasteiger partial charge in [-0.25, -0.2) is 0 Å². The highest BCUT2D eigenvalue weighted by Crippen LogP contribution is 2.16. The molecule has 0 saturated carbocycles. The van der Waals surface area contributed by atoms with Crippen molar-refractivity contribution >= 4 is 0 Å². The molecular weight excluding hydrogens is 216 g/mol. The Morgan fingerprint density at radius 3 is 1.82 bits per heavy atom. The molecule has 0 aliphatic rings. The third kappa shape index (κ3) is 13.8. The first-order valence-electron chi connectivity index (χ1n) is 6.97. The Labute approximate surface area is 106 Å². The molecular formula is C14H30O3. The van der Waals surface area contributed by atoms with E-state index in [1.807, 2.05) is 0 Å². The lowest BCUT2D eigenvalue weighted by Gasteiger charge is -2.21. The van der Waals surface area contributed by atoms with E-state index in [0.29, 0.717) is 13.0 Å². The van der Waals surface area contributed by atoms with Crippen molar-refractivity contribution in [2.24, 2.45) is 0 Å². The van der Waals surface area contributed by atoms with E-state index in [0.717, 1.165) is 32.1 Å². The van der Waals surface area contributed by atoms with Crippen LogP contribution in [0.1, 0.15) is 71.6 Å². The number of hydrogen-bond donors (Lipinski definition) is 3. The first kappa shape index (κ1) is 16.9. The molecule has 3 heteroatoms. The molecule has 0 heterocycles. The highest BCUT2D eigenvalue weighted by molar-refractivity contribution is 4.70. The minimum Gasteiger partial charge on any atom is -0.396 e. The van der Waals surface area contributed by atoms with Gasteiger partial charge in [0.1, 0.15) is 0 Å². The average molecular weight is 246 g/mol. The van der Waals surface area contributed by atoms with Crippen molar-refractivity contribution in [1.82, 2.24) is 0 Å². The van der Waals surface area contributed by atoms with Gasteiger partial charge in [0.25, 0.3) is 0 Å². The summed E-state index contributed by atoms with van der Waals surface area (Å²) in [6, 6.07) is 0. The standard InChI is InChI=1S/C14H30O3/c1-14(2,17)12-13(16)10-8-6-4-3-5-7-9-11-15/h13,15-17H,3-12H2,1-2H3. The van der Waals surface area contributed by atoms with Gasteiger partial charge < -0.3 is 15.3 Å². The van der Waals surface area contributed by atoms with E-state index in [-0.39, 0.29) is 6.10 Å². The smallest absolute Gasteiger partial charge is 0.0616 e. The van der Waals surface area contributed by atoms with Gasteiger partial charge in [-0.15, -0.1) is 0 Å². The van der Waals surface area contributed by atoms with Crippen molar-refractivity contribution in [3.05, 3.63) is 0 Å². The van der Waals surface area contributed by atoms with E-state index in [2.05, 4.69) is 0 Å². The fourth-order valence-corrected chi connectivity index (χ4v) is 2.05. The lowest BCUT2D eigenvalue weighted by atomic mass is 9.97. The fraction of sp³-hybridized carbons (Fsp3) is 1.00. The maximum Gasteiger partial charge on any atom is 0.0616 e. The maximum atomic E-state index is 9.67. The zero-order valence-corrected chi connectivity index (χ0v) is 11.5. The number of unbranched alkanes of at least 4 members (excludes halogenated alkanes) is 6. The van der Waals surface area contributed by atoms with E-state index in [1.165, 1.54) is 19.3 Å². The zero-order valence-electron chi connectivity index (χ0n) is 11.5. The SMILES string of the molecule is CC(C)(O)CC(O)CCCCCCCCCO. The molecule has 0 radical (unpaired) electrons. The number of aliphatic hydroxyl groups excluding tert-OH is 2. The summed E-state index contributed by atoms with van der Waals surface area (Å²) in [7, 11) is 0. The number of rotatable bonds is 11. The molecule has 1 atom stereocenters. The third-order valence-corrected chi connectivity index (χ3v) is 2.93. The Kier molecular flexibility index (Phi) is 9.79. The maximum absolute atomic E-state index is 9.67. The van der Waals surface area contributed by atoms with E-state index < -0.39 is 5.60 Å². The predicted molar refractivity (Wildman–Crippen MR) is 70.9 cm³/mol. The van der Waals surface area contributed by atoms with Crippen LogP contribution in [-0.4, -0.2) is 33.6 Å². The third-order valence-electron chi connectivity index (χ3n) is 2.93. The fourth-order valence-electron chi connectivity index (χ4n) is 2.05. The second kappa shape index (κ2) is 9.86. The average Bonchev–Trinajstić information content (AvgIpc) is 2.19. The second-order valence-electron chi connectivity index (χ2n) is 5.66. The molecule has 0 aromatic rings. The molecule has 1 unspecified atom stereocenters. The van der Waals surface area contributed by atoms with Crippen LogP contribution in [0.3, 0.4) is 0 Å². The Balaban J connectivity index is 3.22. The lowest BCUT2D eigenvalue weighted by molar-refractivity contribution is 0.0150. The molecule has 3 nitrogen and oxygen atoms in total. The minimum atomic E-state index is -0.760. The summed E-state index contributed by atoms with van der Waals surface area (Å²) in [5, 5.41) is 27.8. The van der Waals surface area contributed by atoms with Gasteiger partial charge in [0.05, 0.1) is 11.7 Å². The van der Waals surface area contributed by atoms with Crippen LogP contribution >= 0.6 is 0 Å². The largest absolute Gasteiger partial charge is 0.396 e. The van der Waals surface area contributed by atoms with Gasteiger partial charge in [-0.2, -0.15) is 0 Å². The second-order valence-corrected chi connectivity index (χ2v) is 5.66. The highest BCUT2D eigenvalue weighted by Gasteiger charge is 2.17. The van der Waals surface area contributed by atoms with Crippen molar-refractivity contribution in [3.63, 3.8) is 0 Å². The van der Waals surface area contributed by atoms with Gasteiger partial charge in [0.2, 0.25) is 0 Å². The normalized spacial score (nSPS) is 13.9. The van der Waals surface area contributed by atoms with Crippen LogP contribution < -0.4 is 0 Å². The van der Waals surface area contributed by atoms with Gasteiger partial charge in [-0.3, -0.25) is 0 Å². The van der Waals surface area contributed by atoms with Gasteiger partial charge in [0.15, 0.2) is 0 Å². The lowest BCUT2D eigenvalue weighted by Crippen LogP contribution is -2.26.